The number of phosphoric acid groups is 1. The van der Waals surface area contributed by atoms with Crippen LogP contribution < -0.4 is 5.32 Å². The van der Waals surface area contributed by atoms with E-state index >= 15 is 0 Å². The van der Waals surface area contributed by atoms with Crippen molar-refractivity contribution in [3.8, 4) is 0 Å². The van der Waals surface area contributed by atoms with Gasteiger partial charge < -0.3 is 15.3 Å². The molecule has 18 heavy (non-hydrogen) atoms. The van der Waals surface area contributed by atoms with Crippen molar-refractivity contribution in [2.45, 2.75) is 26.2 Å². The lowest BCUT2D eigenvalue weighted by Crippen LogP contribution is -2.21. The Morgan fingerprint density at radius 3 is 2.61 bits per heavy atom. The van der Waals surface area contributed by atoms with Crippen molar-refractivity contribution >= 4 is 13.7 Å². The molecule has 2 unspecified atom stereocenters. The predicted octanol–water partition coefficient (Wildman–Crippen LogP) is 0.665. The van der Waals surface area contributed by atoms with Crippen LogP contribution in [0.25, 0.3) is 0 Å². The Balaban J connectivity index is 3.71. The molecule has 0 heterocycles. The molecule has 2 atom stereocenters. The molecule has 0 rings (SSSR count). The number of hydrogen-bond acceptors (Lipinski definition) is 5. The summed E-state index contributed by atoms with van der Waals surface area (Å²) in [6.45, 7) is 1.89. The summed E-state index contributed by atoms with van der Waals surface area (Å²) in [6.07, 6.45) is 2.23. The summed E-state index contributed by atoms with van der Waals surface area (Å²) in [5, 5.41) is 11.7. The first-order chi connectivity index (χ1) is 8.41. The van der Waals surface area contributed by atoms with Gasteiger partial charge in [-0.05, 0) is 12.8 Å². The van der Waals surface area contributed by atoms with Gasteiger partial charge in [-0.25, -0.2) is 4.57 Å². The third-order valence-electron chi connectivity index (χ3n) is 2.38. The standard InChI is InChI=1S/C10H22NO6P/c1-9(13)11-6-4-3-5-10(7-12)8-17-18(14,15)16-2/h10,12H,3-8H2,1-2H3,(H,11,13)(H,14,15). The minimum absolute atomic E-state index is 0.0295. The normalized spacial score (nSPS) is 16.0. The molecule has 0 aromatic carbocycles. The Hall–Kier alpha value is -0.460. The summed E-state index contributed by atoms with van der Waals surface area (Å²) < 4.78 is 20.0. The van der Waals surface area contributed by atoms with Gasteiger partial charge >= 0.3 is 7.82 Å². The molecule has 0 aromatic rings. The maximum absolute atomic E-state index is 11.0. The number of aliphatic hydroxyl groups excluding tert-OH is 1. The van der Waals surface area contributed by atoms with Gasteiger partial charge in [0, 0.05) is 33.1 Å². The number of rotatable bonds is 10. The molecule has 0 saturated heterocycles. The van der Waals surface area contributed by atoms with E-state index in [1.165, 1.54) is 6.92 Å². The average molecular weight is 283 g/mol. The van der Waals surface area contributed by atoms with Gasteiger partial charge in [-0.2, -0.15) is 0 Å². The lowest BCUT2D eigenvalue weighted by Gasteiger charge is -2.16. The number of unbranched alkanes of at least 4 members (excludes halogenated alkanes) is 1. The maximum Gasteiger partial charge on any atom is 0.471 e. The molecule has 7 nitrogen and oxygen atoms in total. The SMILES string of the molecule is COP(=O)(O)OCC(CO)CCCCNC(C)=O. The van der Waals surface area contributed by atoms with Gasteiger partial charge in [-0.3, -0.25) is 13.8 Å². The predicted molar refractivity (Wildman–Crippen MR) is 65.9 cm³/mol. The number of carbonyl (C=O) groups excluding carboxylic acids is 1. The number of nitrogens with one attached hydrogen (secondary N) is 1. The Bertz CT molecular complexity index is 286. The van der Waals surface area contributed by atoms with Crippen LogP contribution in [0.4, 0.5) is 0 Å². The molecule has 0 aliphatic carbocycles. The number of carbonyl (C=O) groups is 1. The molecule has 0 bridgehead atoms. The Kier molecular flexibility index (Phi) is 9.23. The highest BCUT2D eigenvalue weighted by Gasteiger charge is 2.20. The van der Waals surface area contributed by atoms with Gasteiger partial charge in [0.05, 0.1) is 6.61 Å². The van der Waals surface area contributed by atoms with E-state index in [2.05, 4.69) is 14.4 Å². The van der Waals surface area contributed by atoms with Crippen LogP contribution in [0.2, 0.25) is 0 Å². The summed E-state index contributed by atoms with van der Waals surface area (Å²) in [4.78, 5) is 19.6. The topological polar surface area (TPSA) is 105 Å². The van der Waals surface area contributed by atoms with E-state index in [4.69, 9.17) is 10.00 Å². The Morgan fingerprint density at radius 1 is 1.44 bits per heavy atom. The van der Waals surface area contributed by atoms with E-state index in [-0.39, 0.29) is 25.0 Å². The first kappa shape index (κ1) is 17.5. The molecule has 0 saturated carbocycles. The van der Waals surface area contributed by atoms with Crippen molar-refractivity contribution in [3.63, 3.8) is 0 Å². The molecule has 0 aliphatic heterocycles. The van der Waals surface area contributed by atoms with Crippen molar-refractivity contribution in [2.75, 3.05) is 26.9 Å². The van der Waals surface area contributed by atoms with Crippen LogP contribution in [-0.2, 0) is 18.4 Å². The van der Waals surface area contributed by atoms with Gasteiger partial charge in [0.1, 0.15) is 0 Å². The van der Waals surface area contributed by atoms with Crippen molar-refractivity contribution in [2.24, 2.45) is 5.92 Å². The number of amides is 1. The van der Waals surface area contributed by atoms with Gasteiger partial charge in [-0.1, -0.05) is 6.42 Å². The second kappa shape index (κ2) is 9.47. The van der Waals surface area contributed by atoms with Crippen LogP contribution in [0.15, 0.2) is 0 Å². The molecular weight excluding hydrogens is 261 g/mol. The summed E-state index contributed by atoms with van der Waals surface area (Å²) in [5.74, 6) is -0.281. The van der Waals surface area contributed by atoms with E-state index < -0.39 is 7.82 Å². The lowest BCUT2D eigenvalue weighted by molar-refractivity contribution is -0.118. The summed E-state index contributed by atoms with van der Waals surface area (Å²) in [6, 6.07) is 0. The number of hydrogen-bond donors (Lipinski definition) is 3. The molecule has 0 aromatic heterocycles. The first-order valence-electron chi connectivity index (χ1n) is 5.79. The summed E-state index contributed by atoms with van der Waals surface area (Å²) >= 11 is 0. The second-order valence-corrected chi connectivity index (χ2v) is 5.53. The minimum atomic E-state index is -3.97. The Labute approximate surface area is 107 Å². The third kappa shape index (κ3) is 9.56. The fourth-order valence-corrected chi connectivity index (χ4v) is 1.81. The zero-order valence-electron chi connectivity index (χ0n) is 10.8. The lowest BCUT2D eigenvalue weighted by atomic mass is 10.0. The molecular formula is C10H22NO6P. The van der Waals surface area contributed by atoms with Gasteiger partial charge in [-0.15, -0.1) is 0 Å². The maximum atomic E-state index is 11.0. The van der Waals surface area contributed by atoms with E-state index in [0.717, 1.165) is 20.0 Å². The molecule has 8 heteroatoms. The van der Waals surface area contributed by atoms with Crippen LogP contribution >= 0.6 is 7.82 Å². The smallest absolute Gasteiger partial charge is 0.396 e. The van der Waals surface area contributed by atoms with Crippen LogP contribution in [0, 0.1) is 5.92 Å². The summed E-state index contributed by atoms with van der Waals surface area (Å²) in [5.41, 5.74) is 0. The molecule has 108 valence electrons. The third-order valence-corrected chi connectivity index (χ3v) is 3.31. The Morgan fingerprint density at radius 2 is 2.11 bits per heavy atom. The van der Waals surface area contributed by atoms with Crippen LogP contribution in [0.1, 0.15) is 26.2 Å². The zero-order chi connectivity index (χ0) is 14.0. The first-order valence-corrected chi connectivity index (χ1v) is 7.29. The fourth-order valence-electron chi connectivity index (χ4n) is 1.30. The highest BCUT2D eigenvalue weighted by Crippen LogP contribution is 2.42. The number of aliphatic hydroxyl groups is 1. The molecule has 0 radical (unpaired) electrons. The molecule has 3 N–H and O–H groups in total. The van der Waals surface area contributed by atoms with E-state index in [0.29, 0.717) is 13.0 Å². The van der Waals surface area contributed by atoms with E-state index in [1.54, 1.807) is 0 Å². The number of phosphoric ester groups is 1. The molecule has 1 amide bonds. The monoisotopic (exact) mass is 283 g/mol. The summed E-state index contributed by atoms with van der Waals surface area (Å²) in [7, 11) is -2.88. The van der Waals surface area contributed by atoms with Crippen LogP contribution in [-0.4, -0.2) is 42.8 Å². The average Bonchev–Trinajstić information content (AvgIpc) is 2.32. The van der Waals surface area contributed by atoms with Gasteiger partial charge in [0.2, 0.25) is 5.91 Å². The molecule has 0 aliphatic rings. The highest BCUT2D eigenvalue weighted by molar-refractivity contribution is 7.47. The van der Waals surface area contributed by atoms with E-state index in [9.17, 15) is 9.36 Å². The van der Waals surface area contributed by atoms with Crippen molar-refractivity contribution < 1.29 is 28.4 Å². The van der Waals surface area contributed by atoms with Gasteiger partial charge in [0.15, 0.2) is 0 Å². The van der Waals surface area contributed by atoms with Crippen molar-refractivity contribution in [1.29, 1.82) is 0 Å². The largest absolute Gasteiger partial charge is 0.471 e. The van der Waals surface area contributed by atoms with Crippen LogP contribution in [0.3, 0.4) is 0 Å². The van der Waals surface area contributed by atoms with Gasteiger partial charge in [0.25, 0.3) is 0 Å². The van der Waals surface area contributed by atoms with Crippen LogP contribution in [0.5, 0.6) is 0 Å². The second-order valence-electron chi connectivity index (χ2n) is 3.97. The fraction of sp³-hybridized carbons (Fsp3) is 0.900. The zero-order valence-corrected chi connectivity index (χ0v) is 11.7. The molecule has 0 spiro atoms. The highest BCUT2D eigenvalue weighted by atomic mass is 31.2. The van der Waals surface area contributed by atoms with Crippen molar-refractivity contribution in [1.82, 2.24) is 5.32 Å². The van der Waals surface area contributed by atoms with E-state index in [1.807, 2.05) is 0 Å². The van der Waals surface area contributed by atoms with Crippen molar-refractivity contribution in [3.05, 3.63) is 0 Å². The molecule has 0 fully saturated rings. The quantitative estimate of drug-likeness (QED) is 0.402. The minimum Gasteiger partial charge on any atom is -0.396 e.